The molecule has 1 heterocycles. The van der Waals surface area contributed by atoms with Crippen LogP contribution in [0.2, 0.25) is 0 Å². The highest BCUT2D eigenvalue weighted by Gasteiger charge is 2.18. The molecule has 1 aromatic rings. The standard InChI is InChI=1S/C9H12N2O3/c12-5-4-11-8(9(13)14)7-2-1-3-10-6-7/h1-3,6,8,11-12H,4-5H2,(H,13,14). The number of carboxylic acids is 1. The van der Waals surface area contributed by atoms with Gasteiger partial charge in [0, 0.05) is 18.9 Å². The van der Waals surface area contributed by atoms with Crippen molar-refractivity contribution in [1.29, 1.82) is 0 Å². The number of hydrogen-bond acceptors (Lipinski definition) is 4. The lowest BCUT2D eigenvalue weighted by molar-refractivity contribution is -0.139. The van der Waals surface area contributed by atoms with Crippen LogP contribution in [-0.4, -0.2) is 34.3 Å². The van der Waals surface area contributed by atoms with E-state index < -0.39 is 12.0 Å². The second kappa shape index (κ2) is 5.31. The quantitative estimate of drug-likeness (QED) is 0.607. The summed E-state index contributed by atoms with van der Waals surface area (Å²) in [6, 6.07) is 2.54. The molecule has 0 amide bonds. The van der Waals surface area contributed by atoms with E-state index in [1.165, 1.54) is 6.20 Å². The zero-order valence-corrected chi connectivity index (χ0v) is 7.55. The molecule has 5 heteroatoms. The molecule has 0 aliphatic heterocycles. The lowest BCUT2D eigenvalue weighted by Gasteiger charge is -2.12. The van der Waals surface area contributed by atoms with Gasteiger partial charge < -0.3 is 10.2 Å². The van der Waals surface area contributed by atoms with Crippen LogP contribution in [0.15, 0.2) is 24.5 Å². The van der Waals surface area contributed by atoms with Crippen molar-refractivity contribution >= 4 is 5.97 Å². The predicted molar refractivity (Wildman–Crippen MR) is 49.7 cm³/mol. The first kappa shape index (κ1) is 10.6. The van der Waals surface area contributed by atoms with Gasteiger partial charge in [0.15, 0.2) is 0 Å². The lowest BCUT2D eigenvalue weighted by atomic mass is 10.1. The molecule has 0 bridgehead atoms. The van der Waals surface area contributed by atoms with E-state index in [1.54, 1.807) is 18.3 Å². The molecule has 1 aromatic heterocycles. The largest absolute Gasteiger partial charge is 0.480 e. The Kier molecular flexibility index (Phi) is 4.03. The molecule has 0 fully saturated rings. The van der Waals surface area contributed by atoms with Crippen molar-refractivity contribution in [2.24, 2.45) is 0 Å². The molecule has 0 saturated heterocycles. The fraction of sp³-hybridized carbons (Fsp3) is 0.333. The van der Waals surface area contributed by atoms with Crippen LogP contribution in [0.5, 0.6) is 0 Å². The van der Waals surface area contributed by atoms with Gasteiger partial charge in [0.1, 0.15) is 6.04 Å². The number of rotatable bonds is 5. The Morgan fingerprint density at radius 2 is 2.43 bits per heavy atom. The van der Waals surface area contributed by atoms with Gasteiger partial charge in [-0.2, -0.15) is 0 Å². The van der Waals surface area contributed by atoms with Gasteiger partial charge in [0.25, 0.3) is 0 Å². The van der Waals surface area contributed by atoms with Crippen molar-refractivity contribution in [3.05, 3.63) is 30.1 Å². The van der Waals surface area contributed by atoms with Gasteiger partial charge in [-0.15, -0.1) is 0 Å². The third-order valence-electron chi connectivity index (χ3n) is 1.72. The summed E-state index contributed by atoms with van der Waals surface area (Å²) in [5, 5.41) is 20.1. The number of carbonyl (C=O) groups is 1. The van der Waals surface area contributed by atoms with Crippen LogP contribution in [0.3, 0.4) is 0 Å². The molecule has 1 rings (SSSR count). The summed E-state index contributed by atoms with van der Waals surface area (Å²) in [7, 11) is 0. The number of aliphatic hydroxyl groups excluding tert-OH is 1. The molecule has 5 nitrogen and oxygen atoms in total. The fourth-order valence-corrected chi connectivity index (χ4v) is 1.10. The number of pyridine rings is 1. The zero-order valence-electron chi connectivity index (χ0n) is 7.55. The summed E-state index contributed by atoms with van der Waals surface area (Å²) in [6.07, 6.45) is 3.07. The lowest BCUT2D eigenvalue weighted by Crippen LogP contribution is -2.30. The summed E-state index contributed by atoms with van der Waals surface area (Å²) >= 11 is 0. The molecule has 14 heavy (non-hydrogen) atoms. The molecule has 1 atom stereocenters. The van der Waals surface area contributed by atoms with E-state index in [0.29, 0.717) is 5.56 Å². The van der Waals surface area contributed by atoms with Crippen LogP contribution in [0.4, 0.5) is 0 Å². The van der Waals surface area contributed by atoms with Crippen molar-refractivity contribution in [3.8, 4) is 0 Å². The van der Waals surface area contributed by atoms with Gasteiger partial charge in [0.2, 0.25) is 0 Å². The number of hydrogen-bond donors (Lipinski definition) is 3. The van der Waals surface area contributed by atoms with Gasteiger partial charge in [-0.1, -0.05) is 6.07 Å². The highest BCUT2D eigenvalue weighted by atomic mass is 16.4. The highest BCUT2D eigenvalue weighted by molar-refractivity contribution is 5.75. The molecule has 0 aliphatic rings. The van der Waals surface area contributed by atoms with E-state index >= 15 is 0 Å². The Hall–Kier alpha value is -1.46. The number of aliphatic hydroxyl groups is 1. The molecule has 1 unspecified atom stereocenters. The minimum Gasteiger partial charge on any atom is -0.480 e. The maximum Gasteiger partial charge on any atom is 0.325 e. The van der Waals surface area contributed by atoms with Crippen molar-refractivity contribution in [2.75, 3.05) is 13.2 Å². The maximum atomic E-state index is 10.8. The number of carboxylic acid groups (broad SMARTS) is 1. The summed E-state index contributed by atoms with van der Waals surface area (Å²) in [5.41, 5.74) is 0.577. The third-order valence-corrected chi connectivity index (χ3v) is 1.72. The molecule has 0 saturated carbocycles. The summed E-state index contributed by atoms with van der Waals surface area (Å²) in [4.78, 5) is 14.7. The second-order valence-corrected chi connectivity index (χ2v) is 2.74. The van der Waals surface area contributed by atoms with E-state index in [4.69, 9.17) is 10.2 Å². The Morgan fingerprint density at radius 3 is 2.93 bits per heavy atom. The Balaban J connectivity index is 2.73. The molecule has 76 valence electrons. The molecular weight excluding hydrogens is 184 g/mol. The van der Waals surface area contributed by atoms with Crippen LogP contribution in [0.25, 0.3) is 0 Å². The van der Waals surface area contributed by atoms with Gasteiger partial charge >= 0.3 is 5.97 Å². The molecular formula is C9H12N2O3. The topological polar surface area (TPSA) is 82.5 Å². The fourth-order valence-electron chi connectivity index (χ4n) is 1.10. The first-order chi connectivity index (χ1) is 6.75. The molecule has 0 aromatic carbocycles. The van der Waals surface area contributed by atoms with Gasteiger partial charge in [-0.3, -0.25) is 15.1 Å². The van der Waals surface area contributed by atoms with E-state index in [0.717, 1.165) is 0 Å². The Bertz CT molecular complexity index is 289. The van der Waals surface area contributed by atoms with E-state index in [-0.39, 0.29) is 13.2 Å². The van der Waals surface area contributed by atoms with E-state index in [1.807, 2.05) is 0 Å². The Labute approximate surface area is 81.4 Å². The van der Waals surface area contributed by atoms with Gasteiger partial charge in [0.05, 0.1) is 6.61 Å². The molecule has 0 aliphatic carbocycles. The SMILES string of the molecule is O=C(O)C(NCCO)c1cccnc1. The van der Waals surface area contributed by atoms with Crippen LogP contribution in [-0.2, 0) is 4.79 Å². The van der Waals surface area contributed by atoms with Crippen LogP contribution in [0, 0.1) is 0 Å². The summed E-state index contributed by atoms with van der Waals surface area (Å²) in [6.45, 7) is 0.149. The van der Waals surface area contributed by atoms with Crippen LogP contribution >= 0.6 is 0 Å². The normalized spacial score (nSPS) is 12.4. The predicted octanol–water partition coefficient (Wildman–Crippen LogP) is -0.211. The number of nitrogens with zero attached hydrogens (tertiary/aromatic N) is 1. The number of aromatic nitrogens is 1. The highest BCUT2D eigenvalue weighted by Crippen LogP contribution is 2.10. The van der Waals surface area contributed by atoms with Gasteiger partial charge in [-0.05, 0) is 11.6 Å². The van der Waals surface area contributed by atoms with Gasteiger partial charge in [-0.25, -0.2) is 0 Å². The Morgan fingerprint density at radius 1 is 1.64 bits per heavy atom. The molecule has 0 spiro atoms. The van der Waals surface area contributed by atoms with E-state index in [9.17, 15) is 4.79 Å². The maximum absolute atomic E-state index is 10.8. The van der Waals surface area contributed by atoms with Crippen molar-refractivity contribution < 1.29 is 15.0 Å². The molecule has 3 N–H and O–H groups in total. The van der Waals surface area contributed by atoms with Crippen molar-refractivity contribution in [1.82, 2.24) is 10.3 Å². The first-order valence-electron chi connectivity index (χ1n) is 4.22. The smallest absolute Gasteiger partial charge is 0.325 e. The van der Waals surface area contributed by atoms with Crippen molar-refractivity contribution in [2.45, 2.75) is 6.04 Å². The summed E-state index contributed by atoms with van der Waals surface area (Å²) < 4.78 is 0. The summed E-state index contributed by atoms with van der Waals surface area (Å²) in [5.74, 6) is -0.980. The number of aliphatic carboxylic acids is 1. The average molecular weight is 196 g/mol. The average Bonchev–Trinajstić information content (AvgIpc) is 2.19. The van der Waals surface area contributed by atoms with Crippen LogP contribution in [0.1, 0.15) is 11.6 Å². The monoisotopic (exact) mass is 196 g/mol. The molecule has 0 radical (unpaired) electrons. The first-order valence-corrected chi connectivity index (χ1v) is 4.22. The third kappa shape index (κ3) is 2.79. The number of nitrogens with one attached hydrogen (secondary N) is 1. The zero-order chi connectivity index (χ0) is 10.4. The minimum atomic E-state index is -0.980. The van der Waals surface area contributed by atoms with Crippen LogP contribution < -0.4 is 5.32 Å². The second-order valence-electron chi connectivity index (χ2n) is 2.74. The van der Waals surface area contributed by atoms with Crippen molar-refractivity contribution in [3.63, 3.8) is 0 Å². The van der Waals surface area contributed by atoms with E-state index in [2.05, 4.69) is 10.3 Å². The minimum absolute atomic E-state index is 0.0932.